The Labute approximate surface area is 238 Å². The van der Waals surface area contributed by atoms with Gasteiger partial charge in [0.1, 0.15) is 11.5 Å². The van der Waals surface area contributed by atoms with Gasteiger partial charge in [0.05, 0.1) is 23.7 Å². The van der Waals surface area contributed by atoms with Crippen molar-refractivity contribution < 1.29 is 18.8 Å². The van der Waals surface area contributed by atoms with E-state index in [0.29, 0.717) is 30.0 Å². The van der Waals surface area contributed by atoms with E-state index in [1.807, 2.05) is 67.0 Å². The topological polar surface area (TPSA) is 86.4 Å². The molecule has 41 heavy (non-hydrogen) atoms. The van der Waals surface area contributed by atoms with E-state index < -0.39 is 11.3 Å². The molecule has 0 saturated carbocycles. The molecule has 2 saturated heterocycles. The average Bonchev–Trinajstić information content (AvgIpc) is 3.69. The number of ketones is 1. The molecule has 2 amide bonds. The Morgan fingerprint density at radius 2 is 1.68 bits per heavy atom. The Morgan fingerprint density at radius 1 is 0.951 bits per heavy atom. The third kappa shape index (κ3) is 5.14. The number of H-pyrrole nitrogens is 1. The molecule has 6 rings (SSSR count). The SMILES string of the molecule is CC(C)(C)[C@H](CC(=O)c1cc2ccc(F)cc2[nH]1)C(=O)N1C[C@@H]2C[C@H]1CN2C(=O)c1ccc(-c2ccccc2)cn1. The van der Waals surface area contributed by atoms with Gasteiger partial charge in [-0.1, -0.05) is 57.2 Å². The van der Waals surface area contributed by atoms with Crippen molar-refractivity contribution in [1.29, 1.82) is 0 Å². The van der Waals surface area contributed by atoms with Crippen molar-refractivity contribution in [3.05, 3.63) is 90.1 Å². The Hall–Kier alpha value is -4.33. The second-order valence-electron chi connectivity index (χ2n) is 12.3. The maximum Gasteiger partial charge on any atom is 0.272 e. The van der Waals surface area contributed by atoms with E-state index >= 15 is 0 Å². The molecule has 2 aliphatic rings. The van der Waals surface area contributed by atoms with E-state index in [1.54, 1.807) is 24.4 Å². The highest BCUT2D eigenvalue weighted by Gasteiger charge is 2.50. The molecule has 210 valence electrons. The number of fused-ring (bicyclic) bond motifs is 3. The fraction of sp³-hybridized carbons (Fsp3) is 0.333. The van der Waals surface area contributed by atoms with Crippen molar-refractivity contribution in [2.75, 3.05) is 13.1 Å². The number of likely N-dealkylation sites (tertiary alicyclic amines) is 2. The zero-order valence-corrected chi connectivity index (χ0v) is 23.4. The molecule has 2 fully saturated rings. The van der Waals surface area contributed by atoms with E-state index in [9.17, 15) is 18.8 Å². The minimum absolute atomic E-state index is 0.0475. The van der Waals surface area contributed by atoms with Crippen molar-refractivity contribution in [3.63, 3.8) is 0 Å². The molecule has 2 aromatic carbocycles. The third-order valence-electron chi connectivity index (χ3n) is 8.49. The quantitative estimate of drug-likeness (QED) is 0.310. The van der Waals surface area contributed by atoms with Crippen LogP contribution in [0.1, 0.15) is 54.6 Å². The zero-order valence-electron chi connectivity index (χ0n) is 23.4. The lowest BCUT2D eigenvalue weighted by Gasteiger charge is -2.39. The van der Waals surface area contributed by atoms with Crippen molar-refractivity contribution >= 4 is 28.5 Å². The molecule has 4 heterocycles. The molecule has 8 heteroatoms. The zero-order chi connectivity index (χ0) is 28.9. The number of hydrogen-bond acceptors (Lipinski definition) is 4. The number of aromatic nitrogens is 2. The number of aromatic amines is 1. The van der Waals surface area contributed by atoms with E-state index in [1.165, 1.54) is 12.1 Å². The third-order valence-corrected chi connectivity index (χ3v) is 8.49. The highest BCUT2D eigenvalue weighted by molar-refractivity contribution is 6.01. The lowest BCUT2D eigenvalue weighted by atomic mass is 9.76. The van der Waals surface area contributed by atoms with Gasteiger partial charge in [0.25, 0.3) is 5.91 Å². The van der Waals surface area contributed by atoms with E-state index in [0.717, 1.165) is 22.9 Å². The largest absolute Gasteiger partial charge is 0.352 e. The maximum absolute atomic E-state index is 13.9. The van der Waals surface area contributed by atoms with Crippen molar-refractivity contribution in [3.8, 4) is 11.1 Å². The number of nitrogens with zero attached hydrogens (tertiary/aromatic N) is 3. The molecular weight excluding hydrogens is 519 g/mol. The van der Waals surface area contributed by atoms with Crippen LogP contribution in [-0.2, 0) is 4.79 Å². The van der Waals surface area contributed by atoms with Crippen LogP contribution in [0.5, 0.6) is 0 Å². The molecule has 2 aliphatic heterocycles. The lowest BCUT2D eigenvalue weighted by molar-refractivity contribution is -0.141. The normalized spacial score (nSPS) is 19.1. The van der Waals surface area contributed by atoms with Gasteiger partial charge in [-0.15, -0.1) is 0 Å². The number of halogens is 1. The molecule has 3 atom stereocenters. The van der Waals surface area contributed by atoms with Crippen LogP contribution < -0.4 is 0 Å². The first kappa shape index (κ1) is 26.9. The smallest absolute Gasteiger partial charge is 0.272 e. The Balaban J connectivity index is 1.13. The van der Waals surface area contributed by atoms with Crippen LogP contribution >= 0.6 is 0 Å². The minimum Gasteiger partial charge on any atom is -0.352 e. The van der Waals surface area contributed by atoms with Gasteiger partial charge in [0.15, 0.2) is 5.78 Å². The second-order valence-corrected chi connectivity index (χ2v) is 12.3. The number of Topliss-reactive ketones (excluding diaryl/α,β-unsaturated/α-hetero) is 1. The molecule has 7 nitrogen and oxygen atoms in total. The monoisotopic (exact) mass is 552 g/mol. The second kappa shape index (κ2) is 10.3. The van der Waals surface area contributed by atoms with Crippen LogP contribution in [0.3, 0.4) is 0 Å². The number of hydrogen-bond donors (Lipinski definition) is 1. The average molecular weight is 553 g/mol. The lowest BCUT2D eigenvalue weighted by Crippen LogP contribution is -2.53. The molecule has 1 N–H and O–H groups in total. The Morgan fingerprint density at radius 3 is 2.34 bits per heavy atom. The number of carbonyl (C=O) groups is 3. The van der Waals surface area contributed by atoms with E-state index in [2.05, 4.69) is 9.97 Å². The van der Waals surface area contributed by atoms with Gasteiger partial charge in [-0.3, -0.25) is 19.4 Å². The number of carbonyl (C=O) groups excluding carboxylic acids is 3. The first-order chi connectivity index (χ1) is 19.6. The van der Waals surface area contributed by atoms with Crippen LogP contribution in [0.15, 0.2) is 72.9 Å². The molecule has 4 aromatic rings. The predicted octanol–water partition coefficient (Wildman–Crippen LogP) is 5.73. The van der Waals surface area contributed by atoms with Gasteiger partial charge >= 0.3 is 0 Å². The highest BCUT2D eigenvalue weighted by atomic mass is 19.1. The molecule has 0 unspecified atom stereocenters. The summed E-state index contributed by atoms with van der Waals surface area (Å²) in [6.45, 7) is 6.81. The number of pyridine rings is 1. The van der Waals surface area contributed by atoms with Gasteiger partial charge in [0, 0.05) is 42.2 Å². The summed E-state index contributed by atoms with van der Waals surface area (Å²) in [4.78, 5) is 51.7. The van der Waals surface area contributed by atoms with Gasteiger partial charge in [-0.05, 0) is 47.7 Å². The van der Waals surface area contributed by atoms with E-state index in [-0.39, 0.29) is 41.9 Å². The summed E-state index contributed by atoms with van der Waals surface area (Å²) in [5, 5.41) is 0.749. The molecule has 2 bridgehead atoms. The molecule has 2 aromatic heterocycles. The number of piperazine rings is 1. The van der Waals surface area contributed by atoms with Gasteiger partial charge in [0.2, 0.25) is 5.91 Å². The number of benzene rings is 2. The highest BCUT2D eigenvalue weighted by Crippen LogP contribution is 2.38. The van der Waals surface area contributed by atoms with Gasteiger partial charge < -0.3 is 14.8 Å². The molecule has 0 aliphatic carbocycles. The predicted molar refractivity (Wildman–Crippen MR) is 155 cm³/mol. The minimum atomic E-state index is -0.533. The summed E-state index contributed by atoms with van der Waals surface area (Å²) in [6.07, 6.45) is 2.49. The molecule has 0 spiro atoms. The number of nitrogens with one attached hydrogen (secondary N) is 1. The summed E-state index contributed by atoms with van der Waals surface area (Å²) < 4.78 is 13.6. The fourth-order valence-electron chi connectivity index (χ4n) is 6.16. The van der Waals surface area contributed by atoms with Crippen LogP contribution in [0.4, 0.5) is 4.39 Å². The molecular formula is C33H33FN4O3. The Kier molecular flexibility index (Phi) is 6.72. The van der Waals surface area contributed by atoms with Crippen LogP contribution in [0.2, 0.25) is 0 Å². The van der Waals surface area contributed by atoms with Gasteiger partial charge in [-0.2, -0.15) is 0 Å². The van der Waals surface area contributed by atoms with Crippen molar-refractivity contribution in [2.45, 2.75) is 45.7 Å². The standard InChI is InChI=1S/C33H33FN4O3/c1-33(2,3)26(16-30(39)29-13-21-9-11-23(34)14-28(21)36-29)31(40)37-18-25-15-24(37)19-38(25)32(41)27-12-10-22(17-35-27)20-7-5-4-6-8-20/h4-14,17,24-26,36H,15-16,18-19H2,1-3H3/t24-,25-,26+/m0/s1. The summed E-state index contributed by atoms with van der Waals surface area (Å²) in [5.41, 5.74) is 2.86. The summed E-state index contributed by atoms with van der Waals surface area (Å²) >= 11 is 0. The number of rotatable bonds is 6. The summed E-state index contributed by atoms with van der Waals surface area (Å²) in [6, 6.07) is 19.5. The Bertz CT molecular complexity index is 1620. The van der Waals surface area contributed by atoms with Crippen LogP contribution in [-0.4, -0.2) is 62.5 Å². The van der Waals surface area contributed by atoms with Crippen LogP contribution in [0, 0.1) is 17.2 Å². The summed E-state index contributed by atoms with van der Waals surface area (Å²) in [5.74, 6) is -1.27. The molecule has 0 radical (unpaired) electrons. The van der Waals surface area contributed by atoms with Crippen molar-refractivity contribution in [1.82, 2.24) is 19.8 Å². The van der Waals surface area contributed by atoms with Gasteiger partial charge in [-0.25, -0.2) is 4.39 Å². The van der Waals surface area contributed by atoms with Crippen molar-refractivity contribution in [2.24, 2.45) is 11.3 Å². The van der Waals surface area contributed by atoms with Crippen LogP contribution in [0.25, 0.3) is 22.0 Å². The number of amides is 2. The maximum atomic E-state index is 13.9. The summed E-state index contributed by atoms with van der Waals surface area (Å²) in [7, 11) is 0. The first-order valence-electron chi connectivity index (χ1n) is 14.0. The van der Waals surface area contributed by atoms with E-state index in [4.69, 9.17) is 0 Å². The fourth-order valence-corrected chi connectivity index (χ4v) is 6.16. The first-order valence-corrected chi connectivity index (χ1v) is 14.0.